The number of nitrogens with two attached hydrogens (primary N) is 1. The zero-order chi connectivity index (χ0) is 19.1. The minimum Gasteiger partial charge on any atom is -0.463 e. The highest BCUT2D eigenvalue weighted by Gasteiger charge is 2.32. The molecule has 0 unspecified atom stereocenters. The number of anilines is 1. The topological polar surface area (TPSA) is 98.9 Å². The van der Waals surface area contributed by atoms with Gasteiger partial charge in [0.25, 0.3) is 5.91 Å². The number of carbonyl (C=O) groups excluding carboxylic acids is 1. The summed E-state index contributed by atoms with van der Waals surface area (Å²) in [6.45, 7) is 2.12. The number of rotatable bonds is 3. The highest BCUT2D eigenvalue weighted by Crippen LogP contribution is 2.30. The van der Waals surface area contributed by atoms with Crippen LogP contribution in [0.2, 0.25) is 0 Å². The van der Waals surface area contributed by atoms with Crippen molar-refractivity contribution in [2.75, 3.05) is 25.4 Å². The van der Waals surface area contributed by atoms with Crippen molar-refractivity contribution in [1.82, 2.24) is 19.5 Å². The minimum atomic E-state index is -0.273. The zero-order valence-electron chi connectivity index (χ0n) is 15.6. The first-order valence-electron chi connectivity index (χ1n) is 9.79. The van der Waals surface area contributed by atoms with Crippen molar-refractivity contribution >= 4 is 17.4 Å². The lowest BCUT2D eigenvalue weighted by Crippen LogP contribution is -2.44. The second kappa shape index (κ2) is 6.94. The van der Waals surface area contributed by atoms with Gasteiger partial charge >= 0.3 is 0 Å². The molecular weight excluding hydrogens is 358 g/mol. The summed E-state index contributed by atoms with van der Waals surface area (Å²) >= 11 is 0. The Bertz CT molecular complexity index is 991. The Balaban J connectivity index is 1.41. The van der Waals surface area contributed by atoms with Crippen LogP contribution >= 0.6 is 0 Å². The average Bonchev–Trinajstić information content (AvgIpc) is 3.48. The highest BCUT2D eigenvalue weighted by atomic mass is 16.5. The predicted octanol–water partition coefficient (Wildman–Crippen LogP) is 2.46. The maximum Gasteiger partial charge on any atom is 0.251 e. The van der Waals surface area contributed by atoms with Crippen LogP contribution < -0.4 is 5.73 Å². The molecule has 5 heterocycles. The first-order chi connectivity index (χ1) is 13.7. The quantitative estimate of drug-likeness (QED) is 0.748. The average molecular weight is 381 g/mol. The van der Waals surface area contributed by atoms with E-state index in [1.165, 1.54) is 0 Å². The number of piperidine rings is 1. The molecule has 8 nitrogen and oxygen atoms in total. The van der Waals surface area contributed by atoms with Gasteiger partial charge in [0.1, 0.15) is 17.6 Å². The Morgan fingerprint density at radius 1 is 1.25 bits per heavy atom. The number of aromatic nitrogens is 3. The number of amides is 1. The molecule has 2 fully saturated rings. The van der Waals surface area contributed by atoms with Crippen LogP contribution in [-0.4, -0.2) is 51.2 Å². The van der Waals surface area contributed by atoms with Gasteiger partial charge in [0, 0.05) is 37.7 Å². The molecule has 3 aromatic rings. The van der Waals surface area contributed by atoms with E-state index < -0.39 is 0 Å². The molecule has 28 heavy (non-hydrogen) atoms. The number of fused-ring (bicyclic) bond motifs is 1. The van der Waals surface area contributed by atoms with Crippen LogP contribution in [0.15, 0.2) is 34.9 Å². The third kappa shape index (κ3) is 3.03. The van der Waals surface area contributed by atoms with Gasteiger partial charge in [-0.25, -0.2) is 4.98 Å². The SMILES string of the molecule is Nc1cc([C@H]2CCCN(C(=O)[C@H]3CCCO3)C2)nc2cc(-c3ccco3)nn12. The van der Waals surface area contributed by atoms with Crippen LogP contribution in [0, 0.1) is 0 Å². The van der Waals surface area contributed by atoms with Crippen LogP contribution in [0.1, 0.15) is 37.3 Å². The van der Waals surface area contributed by atoms with Gasteiger partial charge in [-0.05, 0) is 37.8 Å². The van der Waals surface area contributed by atoms with Crippen molar-refractivity contribution < 1.29 is 13.9 Å². The molecule has 2 aliphatic heterocycles. The molecule has 3 aromatic heterocycles. The molecule has 0 spiro atoms. The molecule has 0 bridgehead atoms. The second-order valence-electron chi connectivity index (χ2n) is 7.51. The number of furan rings is 1. The van der Waals surface area contributed by atoms with E-state index in [9.17, 15) is 4.79 Å². The van der Waals surface area contributed by atoms with Crippen molar-refractivity contribution in [3.8, 4) is 11.5 Å². The molecule has 2 aliphatic rings. The van der Waals surface area contributed by atoms with E-state index in [1.807, 2.05) is 29.2 Å². The van der Waals surface area contributed by atoms with Gasteiger partial charge in [-0.1, -0.05) is 0 Å². The predicted molar refractivity (Wildman–Crippen MR) is 103 cm³/mol. The monoisotopic (exact) mass is 381 g/mol. The summed E-state index contributed by atoms with van der Waals surface area (Å²) in [4.78, 5) is 19.4. The van der Waals surface area contributed by atoms with Crippen molar-refractivity contribution in [3.63, 3.8) is 0 Å². The molecule has 0 aliphatic carbocycles. The maximum absolute atomic E-state index is 12.7. The van der Waals surface area contributed by atoms with E-state index in [1.54, 1.807) is 10.8 Å². The largest absolute Gasteiger partial charge is 0.463 e. The van der Waals surface area contributed by atoms with Crippen molar-refractivity contribution in [2.45, 2.75) is 37.7 Å². The van der Waals surface area contributed by atoms with Gasteiger partial charge in [-0.2, -0.15) is 9.61 Å². The van der Waals surface area contributed by atoms with Gasteiger partial charge in [0.05, 0.1) is 12.0 Å². The Morgan fingerprint density at radius 3 is 2.96 bits per heavy atom. The first kappa shape index (κ1) is 17.2. The lowest BCUT2D eigenvalue weighted by Gasteiger charge is -2.34. The van der Waals surface area contributed by atoms with Gasteiger partial charge < -0.3 is 19.8 Å². The Labute approximate surface area is 162 Å². The van der Waals surface area contributed by atoms with E-state index in [0.29, 0.717) is 36.1 Å². The molecule has 1 amide bonds. The summed E-state index contributed by atoms with van der Waals surface area (Å²) in [6, 6.07) is 7.42. The normalized spacial score (nSPS) is 22.8. The zero-order valence-corrected chi connectivity index (χ0v) is 15.6. The number of ether oxygens (including phenoxy) is 1. The van der Waals surface area contributed by atoms with E-state index >= 15 is 0 Å². The van der Waals surface area contributed by atoms with Crippen LogP contribution in [0.25, 0.3) is 17.1 Å². The fraction of sp³-hybridized carbons (Fsp3) is 0.450. The molecule has 2 atom stereocenters. The number of nitrogen functional groups attached to an aromatic ring is 1. The van der Waals surface area contributed by atoms with Crippen LogP contribution in [0.5, 0.6) is 0 Å². The van der Waals surface area contributed by atoms with Crippen LogP contribution in [0.3, 0.4) is 0 Å². The fourth-order valence-electron chi connectivity index (χ4n) is 4.17. The summed E-state index contributed by atoms with van der Waals surface area (Å²) < 4.78 is 12.6. The van der Waals surface area contributed by atoms with E-state index in [0.717, 1.165) is 37.9 Å². The molecule has 2 saturated heterocycles. The smallest absolute Gasteiger partial charge is 0.251 e. The number of carbonyl (C=O) groups is 1. The summed E-state index contributed by atoms with van der Waals surface area (Å²) in [7, 11) is 0. The van der Waals surface area contributed by atoms with Gasteiger partial charge in [0.2, 0.25) is 0 Å². The Morgan fingerprint density at radius 2 is 2.18 bits per heavy atom. The highest BCUT2D eigenvalue weighted by molar-refractivity contribution is 5.81. The molecular formula is C20H23N5O3. The number of nitrogens with zero attached hydrogens (tertiary/aromatic N) is 4. The van der Waals surface area contributed by atoms with Crippen LogP contribution in [-0.2, 0) is 9.53 Å². The summed E-state index contributed by atoms with van der Waals surface area (Å²) in [5.41, 5.74) is 8.54. The molecule has 0 saturated carbocycles. The van der Waals surface area contributed by atoms with Crippen molar-refractivity contribution in [3.05, 3.63) is 36.2 Å². The Hall–Kier alpha value is -2.87. The maximum atomic E-state index is 12.7. The summed E-state index contributed by atoms with van der Waals surface area (Å²) in [6.07, 6.45) is 5.06. The van der Waals surface area contributed by atoms with E-state index in [-0.39, 0.29) is 17.9 Å². The van der Waals surface area contributed by atoms with Gasteiger partial charge in [-0.3, -0.25) is 4.79 Å². The van der Waals surface area contributed by atoms with Crippen LogP contribution in [0.4, 0.5) is 5.82 Å². The lowest BCUT2D eigenvalue weighted by atomic mass is 9.94. The molecule has 0 aromatic carbocycles. The molecule has 2 N–H and O–H groups in total. The third-order valence-corrected chi connectivity index (χ3v) is 5.60. The van der Waals surface area contributed by atoms with E-state index in [2.05, 4.69) is 5.10 Å². The van der Waals surface area contributed by atoms with E-state index in [4.69, 9.17) is 19.9 Å². The second-order valence-corrected chi connectivity index (χ2v) is 7.51. The number of likely N-dealkylation sites (tertiary alicyclic amines) is 1. The third-order valence-electron chi connectivity index (χ3n) is 5.60. The standard InChI is InChI=1S/C20H23N5O3/c21-18-10-14(22-19-11-15(23-25(18)19)16-5-2-8-27-16)13-4-1-7-24(12-13)20(26)17-6-3-9-28-17/h2,5,8,10-11,13,17H,1,3-4,6-7,9,12,21H2/t13-,17+/m0/s1. The van der Waals surface area contributed by atoms with Crippen molar-refractivity contribution in [2.24, 2.45) is 0 Å². The number of hydrogen-bond acceptors (Lipinski definition) is 6. The molecule has 8 heteroatoms. The molecule has 146 valence electrons. The van der Waals surface area contributed by atoms with Gasteiger partial charge in [-0.15, -0.1) is 0 Å². The fourth-order valence-corrected chi connectivity index (χ4v) is 4.17. The summed E-state index contributed by atoms with van der Waals surface area (Å²) in [5.74, 6) is 1.48. The first-order valence-corrected chi connectivity index (χ1v) is 9.79. The van der Waals surface area contributed by atoms with Crippen molar-refractivity contribution in [1.29, 1.82) is 0 Å². The lowest BCUT2D eigenvalue weighted by molar-refractivity contribution is -0.142. The molecule has 5 rings (SSSR count). The minimum absolute atomic E-state index is 0.112. The summed E-state index contributed by atoms with van der Waals surface area (Å²) in [5, 5.41) is 4.49. The van der Waals surface area contributed by atoms with Gasteiger partial charge in [0.15, 0.2) is 11.4 Å². The Kier molecular flexibility index (Phi) is 4.27. The number of hydrogen-bond donors (Lipinski definition) is 1. The molecule has 0 radical (unpaired) electrons.